The summed E-state index contributed by atoms with van der Waals surface area (Å²) >= 11 is 0. The molecule has 0 amide bonds. The van der Waals surface area contributed by atoms with Gasteiger partial charge in [0.2, 0.25) is 0 Å². The minimum atomic E-state index is 0. The first-order valence-electron chi connectivity index (χ1n) is 5.20. The topological polar surface area (TPSA) is 0 Å². The van der Waals surface area contributed by atoms with Crippen LogP contribution in [0.15, 0.2) is 0 Å². The van der Waals surface area contributed by atoms with Crippen molar-refractivity contribution in [3.05, 3.63) is 0 Å². The molecule has 0 atom stereocenters. The Hall–Kier alpha value is 0. The maximum Gasteiger partial charge on any atom is -0.0443 e. The molecule has 0 saturated heterocycles. The van der Waals surface area contributed by atoms with Crippen molar-refractivity contribution >= 4 is 0 Å². The molecular weight excluding hydrogens is 156 g/mol. The van der Waals surface area contributed by atoms with Crippen LogP contribution in [0.3, 0.4) is 0 Å². The van der Waals surface area contributed by atoms with Gasteiger partial charge in [0.05, 0.1) is 0 Å². The highest BCUT2D eigenvalue weighted by Crippen LogP contribution is 2.27. The molecule has 0 spiro atoms. The summed E-state index contributed by atoms with van der Waals surface area (Å²) in [6.45, 7) is 8.98. The van der Waals surface area contributed by atoms with Crippen LogP contribution in [0.25, 0.3) is 0 Å². The van der Waals surface area contributed by atoms with Crippen LogP contribution in [0.5, 0.6) is 0 Å². The molecule has 0 heteroatoms. The average Bonchev–Trinajstić information content (AvgIpc) is 1.97. The van der Waals surface area contributed by atoms with Crippen LogP contribution < -0.4 is 0 Å². The van der Waals surface area contributed by atoms with Crippen molar-refractivity contribution in [2.45, 2.75) is 74.7 Å². The molecule has 0 unspecified atom stereocenters. The lowest BCUT2D eigenvalue weighted by atomic mass is 9.84. The quantitative estimate of drug-likeness (QED) is 0.469. The molecule has 1 rings (SSSR count). The minimum Gasteiger partial charge on any atom is -0.0776 e. The highest BCUT2D eigenvalue weighted by Gasteiger charge is 2.13. The number of rotatable bonds is 0. The zero-order chi connectivity index (χ0) is 8.69. The van der Waals surface area contributed by atoms with Gasteiger partial charge in [-0.1, -0.05) is 74.7 Å². The molecule has 1 aliphatic carbocycles. The molecule has 1 fully saturated rings. The fourth-order valence-corrected chi connectivity index (χ4v) is 1.43. The van der Waals surface area contributed by atoms with Gasteiger partial charge in [0.1, 0.15) is 0 Å². The van der Waals surface area contributed by atoms with Crippen molar-refractivity contribution in [2.75, 3.05) is 0 Å². The Balaban J connectivity index is -0.000000180. The van der Waals surface area contributed by atoms with E-state index in [0.29, 0.717) is 0 Å². The molecule has 84 valence electrons. The predicted molar refractivity (Wildman–Crippen MR) is 66.2 cm³/mol. The molecule has 0 aromatic heterocycles. The van der Waals surface area contributed by atoms with E-state index in [2.05, 4.69) is 27.7 Å². The first kappa shape index (κ1) is 18.7. The minimum absolute atomic E-state index is 0. The predicted octanol–water partition coefficient (Wildman–Crippen LogP) is 5.52. The van der Waals surface area contributed by atoms with E-state index in [9.17, 15) is 0 Å². The third-order valence-corrected chi connectivity index (χ3v) is 2.30. The molecule has 0 nitrogen and oxygen atoms in total. The fraction of sp³-hybridized carbons (Fsp3) is 1.00. The Labute approximate surface area is 87.1 Å². The summed E-state index contributed by atoms with van der Waals surface area (Å²) in [7, 11) is 0. The molecule has 0 heterocycles. The Morgan fingerprint density at radius 3 is 1.08 bits per heavy atom. The van der Waals surface area contributed by atoms with Gasteiger partial charge in [-0.25, -0.2) is 0 Å². The van der Waals surface area contributed by atoms with Crippen LogP contribution in [0.1, 0.15) is 74.7 Å². The summed E-state index contributed by atoms with van der Waals surface area (Å²) in [5.74, 6) is 2.04. The smallest absolute Gasteiger partial charge is 0.0443 e. The second kappa shape index (κ2) is 12.0. The molecule has 0 bridgehead atoms. The Morgan fingerprint density at radius 1 is 0.769 bits per heavy atom. The maximum absolute atomic E-state index is 2.37. The van der Waals surface area contributed by atoms with Crippen molar-refractivity contribution in [3.63, 3.8) is 0 Å². The van der Waals surface area contributed by atoms with Gasteiger partial charge >= 0.3 is 0 Å². The molecule has 0 aliphatic heterocycles. The number of hydrogen-bond acceptors (Lipinski definition) is 0. The van der Waals surface area contributed by atoms with Gasteiger partial charge in [-0.2, -0.15) is 0 Å². The van der Waals surface area contributed by atoms with E-state index in [1.165, 1.54) is 32.1 Å². The van der Waals surface area contributed by atoms with Crippen LogP contribution in [-0.4, -0.2) is 0 Å². The second-order valence-corrected chi connectivity index (χ2v) is 4.07. The third kappa shape index (κ3) is 12.0. The van der Waals surface area contributed by atoms with Gasteiger partial charge in [-0.15, -0.1) is 0 Å². The lowest BCUT2D eigenvalue weighted by molar-refractivity contribution is 0.308. The van der Waals surface area contributed by atoms with Crippen molar-refractivity contribution in [1.82, 2.24) is 0 Å². The highest BCUT2D eigenvalue weighted by molar-refractivity contribution is 4.65. The van der Waals surface area contributed by atoms with Crippen LogP contribution in [0.4, 0.5) is 0 Å². The summed E-state index contributed by atoms with van der Waals surface area (Å²) in [5, 5.41) is 0. The molecule has 0 aromatic carbocycles. The lowest BCUT2D eigenvalue weighted by Crippen LogP contribution is -2.08. The van der Waals surface area contributed by atoms with Crippen molar-refractivity contribution in [2.24, 2.45) is 11.8 Å². The average molecular weight is 188 g/mol. The van der Waals surface area contributed by atoms with Gasteiger partial charge in [0.25, 0.3) is 0 Å². The van der Waals surface area contributed by atoms with Gasteiger partial charge in [0, 0.05) is 0 Å². The summed E-state index contributed by atoms with van der Waals surface area (Å²) in [4.78, 5) is 0. The van der Waals surface area contributed by atoms with Gasteiger partial charge in [-0.05, 0) is 11.8 Å². The second-order valence-electron chi connectivity index (χ2n) is 4.07. The fourth-order valence-electron chi connectivity index (χ4n) is 1.43. The molecular formula is C13H32. The van der Waals surface area contributed by atoms with Crippen LogP contribution in [0, 0.1) is 11.8 Å². The summed E-state index contributed by atoms with van der Waals surface area (Å²) < 4.78 is 0. The molecule has 13 heavy (non-hydrogen) atoms. The Kier molecular flexibility index (Phi) is 17.3. The van der Waals surface area contributed by atoms with Gasteiger partial charge < -0.3 is 0 Å². The third-order valence-electron chi connectivity index (χ3n) is 2.30. The van der Waals surface area contributed by atoms with E-state index in [-0.39, 0.29) is 14.9 Å². The molecule has 1 aliphatic rings. The zero-order valence-corrected chi connectivity index (χ0v) is 8.69. The van der Waals surface area contributed by atoms with Crippen LogP contribution >= 0.6 is 0 Å². The zero-order valence-electron chi connectivity index (χ0n) is 8.69. The van der Waals surface area contributed by atoms with E-state index in [1.807, 2.05) is 0 Å². The van der Waals surface area contributed by atoms with Crippen molar-refractivity contribution < 1.29 is 0 Å². The summed E-state index contributed by atoms with van der Waals surface area (Å²) in [6, 6.07) is 0. The first-order chi connectivity index (χ1) is 5.20. The van der Waals surface area contributed by atoms with Crippen LogP contribution in [0.2, 0.25) is 0 Å². The lowest BCUT2D eigenvalue weighted by Gasteiger charge is -2.22. The molecule has 0 aromatic rings. The normalized spacial score (nSPS) is 25.8. The van der Waals surface area contributed by atoms with E-state index >= 15 is 0 Å². The molecule has 0 N–H and O–H groups in total. The van der Waals surface area contributed by atoms with E-state index in [0.717, 1.165) is 11.8 Å². The highest BCUT2D eigenvalue weighted by atomic mass is 14.2. The van der Waals surface area contributed by atoms with Crippen molar-refractivity contribution in [1.29, 1.82) is 0 Å². The molecule has 0 radical (unpaired) electrons. The van der Waals surface area contributed by atoms with Crippen LogP contribution in [-0.2, 0) is 0 Å². The van der Waals surface area contributed by atoms with Crippen molar-refractivity contribution in [3.8, 4) is 0 Å². The summed E-state index contributed by atoms with van der Waals surface area (Å²) in [5.41, 5.74) is 0. The van der Waals surface area contributed by atoms with Gasteiger partial charge in [0.15, 0.2) is 0 Å². The summed E-state index contributed by atoms with van der Waals surface area (Å²) in [6.07, 6.45) is 7.14. The molecule has 1 saturated carbocycles. The Morgan fingerprint density at radius 2 is 0.923 bits per heavy atom. The SMILES string of the molecule is C.C.CC1CCC(C)CC1.CCC. The standard InChI is InChI=1S/C8H16.C3H8.2CH4/c1-7-3-5-8(2)6-4-7;1-3-2;;/h7-8H,3-6H2,1-2H3;3H2,1-2H3;2*1H4. The largest absolute Gasteiger partial charge is 0.0776 e. The Bertz CT molecular complexity index is 58.1. The maximum atomic E-state index is 2.37. The van der Waals surface area contributed by atoms with E-state index in [1.54, 1.807) is 0 Å². The monoisotopic (exact) mass is 188 g/mol. The first-order valence-corrected chi connectivity index (χ1v) is 5.20. The number of hydrogen-bond donors (Lipinski definition) is 0. The van der Waals surface area contributed by atoms with E-state index in [4.69, 9.17) is 0 Å². The van der Waals surface area contributed by atoms with E-state index < -0.39 is 0 Å². The van der Waals surface area contributed by atoms with Gasteiger partial charge in [-0.3, -0.25) is 0 Å².